The molecule has 2 heterocycles. The van der Waals surface area contributed by atoms with Gasteiger partial charge in [0, 0.05) is 40.2 Å². The number of carbonyl (C=O) groups is 3. The van der Waals surface area contributed by atoms with E-state index in [1.807, 2.05) is 13.8 Å². The number of hydrogen-bond donors (Lipinski definition) is 4. The molecular formula is C33H34Cl2FN3O5. The molecule has 3 amide bonds. The van der Waals surface area contributed by atoms with Gasteiger partial charge in [0.15, 0.2) is 5.60 Å². The maximum absolute atomic E-state index is 14.8. The van der Waals surface area contributed by atoms with E-state index in [9.17, 15) is 23.9 Å². The van der Waals surface area contributed by atoms with Crippen molar-refractivity contribution in [3.05, 3.63) is 92.7 Å². The molecule has 2 aliphatic heterocycles. The van der Waals surface area contributed by atoms with Gasteiger partial charge in [-0.3, -0.25) is 14.4 Å². The molecule has 44 heavy (non-hydrogen) atoms. The zero-order valence-corrected chi connectivity index (χ0v) is 26.1. The molecule has 3 aromatic carbocycles. The number of nitrogens with one attached hydrogen (secondary N) is 3. The highest BCUT2D eigenvalue weighted by Crippen LogP contribution is 2.59. The summed E-state index contributed by atoms with van der Waals surface area (Å²) < 4.78 is 21.3. The Kier molecular flexibility index (Phi) is 8.94. The molecule has 1 spiro atoms. The zero-order chi connectivity index (χ0) is 31.8. The van der Waals surface area contributed by atoms with Crippen LogP contribution in [0.4, 0.5) is 10.1 Å². The molecule has 8 nitrogen and oxygen atoms in total. The van der Waals surface area contributed by atoms with Crippen molar-refractivity contribution in [2.45, 2.75) is 63.0 Å². The minimum atomic E-state index is -1.48. The Morgan fingerprint density at radius 3 is 2.48 bits per heavy atom. The number of aliphatic hydroxyl groups is 1. The highest BCUT2D eigenvalue weighted by atomic mass is 35.5. The molecule has 0 aliphatic carbocycles. The maximum atomic E-state index is 14.8. The van der Waals surface area contributed by atoms with Gasteiger partial charge in [-0.2, -0.15) is 0 Å². The SMILES string of the molecule is CCC(CC)(Oc1ccc(Cl)cc1[C@H]1CC(=O)N[C@@H](c2cc(F)ccc2C)C12C(=O)Nc1cc(Cl)ccc12)C(=O)NCCO. The van der Waals surface area contributed by atoms with Crippen LogP contribution in [-0.4, -0.2) is 41.6 Å². The van der Waals surface area contributed by atoms with Crippen molar-refractivity contribution in [3.63, 3.8) is 0 Å². The van der Waals surface area contributed by atoms with Gasteiger partial charge < -0.3 is 25.8 Å². The third-order valence-electron chi connectivity index (χ3n) is 8.91. The number of amides is 3. The van der Waals surface area contributed by atoms with Crippen molar-refractivity contribution in [2.75, 3.05) is 18.5 Å². The van der Waals surface area contributed by atoms with E-state index in [2.05, 4.69) is 16.0 Å². The molecule has 1 saturated heterocycles. The minimum absolute atomic E-state index is 0.0531. The molecule has 11 heteroatoms. The third kappa shape index (κ3) is 5.31. The fourth-order valence-electron chi connectivity index (χ4n) is 6.63. The van der Waals surface area contributed by atoms with Crippen LogP contribution in [0.3, 0.4) is 0 Å². The van der Waals surface area contributed by atoms with Gasteiger partial charge in [0.05, 0.1) is 12.6 Å². The largest absolute Gasteiger partial charge is 0.477 e. The topological polar surface area (TPSA) is 117 Å². The number of piperidine rings is 1. The summed E-state index contributed by atoms with van der Waals surface area (Å²) in [6, 6.07) is 13.3. The highest BCUT2D eigenvalue weighted by Gasteiger charge is 2.62. The highest BCUT2D eigenvalue weighted by molar-refractivity contribution is 6.31. The van der Waals surface area contributed by atoms with E-state index in [1.165, 1.54) is 12.1 Å². The normalized spacial score (nSPS) is 21.1. The molecule has 3 atom stereocenters. The Morgan fingerprint density at radius 2 is 1.77 bits per heavy atom. The lowest BCUT2D eigenvalue weighted by Crippen LogP contribution is -2.57. The number of fused-ring (bicyclic) bond motifs is 2. The van der Waals surface area contributed by atoms with Gasteiger partial charge in [0.1, 0.15) is 17.0 Å². The molecule has 5 rings (SSSR count). The zero-order valence-electron chi connectivity index (χ0n) is 24.6. The number of aryl methyl sites for hydroxylation is 1. The van der Waals surface area contributed by atoms with Crippen LogP contribution in [0.25, 0.3) is 0 Å². The van der Waals surface area contributed by atoms with Crippen molar-refractivity contribution < 1.29 is 28.6 Å². The van der Waals surface area contributed by atoms with Crippen LogP contribution in [0.1, 0.15) is 67.3 Å². The van der Waals surface area contributed by atoms with Crippen LogP contribution >= 0.6 is 23.2 Å². The average molecular weight is 643 g/mol. The number of hydrogen-bond acceptors (Lipinski definition) is 5. The second-order valence-electron chi connectivity index (χ2n) is 11.2. The van der Waals surface area contributed by atoms with Gasteiger partial charge >= 0.3 is 0 Å². The Balaban J connectivity index is 1.77. The van der Waals surface area contributed by atoms with E-state index in [4.69, 9.17) is 27.9 Å². The number of benzene rings is 3. The predicted octanol–water partition coefficient (Wildman–Crippen LogP) is 5.72. The standard InChI is InChI=1S/C33H34Cl2FN3O5/c1-4-32(5-2,30(42)37-12-13-40)44-27-11-8-19(34)14-23(27)25-17-28(41)39-29(22-16-21(36)9-6-18(22)3)33(25)24-10-7-20(35)15-26(24)38-31(33)43/h6-11,14-16,25,29,40H,4-5,12-13,17H2,1-3H3,(H,37,42)(H,38,43)(H,39,41)/t25-,29+,33?/m1/s1. The summed E-state index contributed by atoms with van der Waals surface area (Å²) >= 11 is 12.9. The van der Waals surface area contributed by atoms with Crippen LogP contribution in [0.5, 0.6) is 5.75 Å². The monoisotopic (exact) mass is 641 g/mol. The number of rotatable bonds is 9. The van der Waals surface area contributed by atoms with E-state index in [-0.39, 0.29) is 31.2 Å². The van der Waals surface area contributed by atoms with Crippen LogP contribution in [0, 0.1) is 12.7 Å². The molecule has 0 bridgehead atoms. The number of aliphatic hydroxyl groups excluding tert-OH is 1. The van der Waals surface area contributed by atoms with E-state index in [1.54, 1.807) is 49.4 Å². The Labute approximate surface area is 265 Å². The molecule has 1 unspecified atom stereocenters. The molecule has 0 aromatic heterocycles. The second kappa shape index (κ2) is 12.4. The van der Waals surface area contributed by atoms with Crippen LogP contribution in [-0.2, 0) is 19.8 Å². The van der Waals surface area contributed by atoms with Gasteiger partial charge in [0.2, 0.25) is 11.8 Å². The molecule has 0 radical (unpaired) electrons. The van der Waals surface area contributed by atoms with Gasteiger partial charge in [-0.05, 0) is 78.9 Å². The summed E-state index contributed by atoms with van der Waals surface area (Å²) in [6.07, 6.45) is 0.469. The summed E-state index contributed by atoms with van der Waals surface area (Å²) in [4.78, 5) is 41.3. The Bertz CT molecular complexity index is 1630. The number of halogens is 3. The molecule has 3 aromatic rings. The molecule has 4 N–H and O–H groups in total. The predicted molar refractivity (Wildman–Crippen MR) is 167 cm³/mol. The van der Waals surface area contributed by atoms with Crippen molar-refractivity contribution >= 4 is 46.6 Å². The third-order valence-corrected chi connectivity index (χ3v) is 9.38. The average Bonchev–Trinajstić information content (AvgIpc) is 3.28. The fraction of sp³-hybridized carbons (Fsp3) is 0.364. The lowest BCUT2D eigenvalue weighted by Gasteiger charge is -2.47. The number of anilines is 1. The van der Waals surface area contributed by atoms with Crippen LogP contribution in [0.15, 0.2) is 54.6 Å². The molecular weight excluding hydrogens is 608 g/mol. The first kappa shape index (κ1) is 31.8. The Morgan fingerprint density at radius 1 is 1.07 bits per heavy atom. The summed E-state index contributed by atoms with van der Waals surface area (Å²) in [6.45, 7) is 5.25. The molecule has 232 valence electrons. The van der Waals surface area contributed by atoms with Gasteiger partial charge in [0.25, 0.3) is 5.91 Å². The van der Waals surface area contributed by atoms with Crippen molar-refractivity contribution in [1.82, 2.24) is 10.6 Å². The molecule has 2 aliphatic rings. The lowest BCUT2D eigenvalue weighted by atomic mass is 9.59. The van der Waals surface area contributed by atoms with Gasteiger partial charge in [-0.25, -0.2) is 4.39 Å². The van der Waals surface area contributed by atoms with Crippen molar-refractivity contribution in [3.8, 4) is 5.75 Å². The fourth-order valence-corrected chi connectivity index (χ4v) is 6.98. The number of ether oxygens (including phenoxy) is 1. The summed E-state index contributed by atoms with van der Waals surface area (Å²) in [5.41, 5.74) is -0.150. The van der Waals surface area contributed by atoms with Crippen molar-refractivity contribution in [2.24, 2.45) is 0 Å². The minimum Gasteiger partial charge on any atom is -0.477 e. The lowest BCUT2D eigenvalue weighted by molar-refractivity contribution is -0.138. The first-order valence-electron chi connectivity index (χ1n) is 14.5. The quantitative estimate of drug-likeness (QED) is 0.238. The number of carbonyl (C=O) groups excluding carboxylic acids is 3. The van der Waals surface area contributed by atoms with Crippen LogP contribution < -0.4 is 20.7 Å². The van der Waals surface area contributed by atoms with E-state index < -0.39 is 40.6 Å². The molecule has 1 fully saturated rings. The van der Waals surface area contributed by atoms with Gasteiger partial charge in [-0.15, -0.1) is 0 Å². The van der Waals surface area contributed by atoms with E-state index >= 15 is 0 Å². The summed E-state index contributed by atoms with van der Waals surface area (Å²) in [7, 11) is 0. The Hall–Kier alpha value is -3.66. The van der Waals surface area contributed by atoms with E-state index in [0.717, 1.165) is 0 Å². The summed E-state index contributed by atoms with van der Waals surface area (Å²) in [5.74, 6) is -2.25. The maximum Gasteiger partial charge on any atom is 0.264 e. The molecule has 0 saturated carbocycles. The smallest absolute Gasteiger partial charge is 0.264 e. The second-order valence-corrected chi connectivity index (χ2v) is 12.1. The van der Waals surface area contributed by atoms with Crippen LogP contribution in [0.2, 0.25) is 10.0 Å². The van der Waals surface area contributed by atoms with E-state index in [0.29, 0.717) is 50.8 Å². The first-order chi connectivity index (χ1) is 21.0. The first-order valence-corrected chi connectivity index (χ1v) is 15.3. The summed E-state index contributed by atoms with van der Waals surface area (Å²) in [5, 5.41) is 18.7. The van der Waals surface area contributed by atoms with Crippen molar-refractivity contribution in [1.29, 1.82) is 0 Å². The van der Waals surface area contributed by atoms with Gasteiger partial charge in [-0.1, -0.05) is 49.2 Å².